The molecule has 1 saturated heterocycles. The summed E-state index contributed by atoms with van der Waals surface area (Å²) in [7, 11) is 0. The molecule has 15 heavy (non-hydrogen) atoms. The van der Waals surface area contributed by atoms with E-state index in [1.54, 1.807) is 0 Å². The Bertz CT molecular complexity index is 312. The molecule has 2 N–H and O–H groups in total. The predicted molar refractivity (Wildman–Crippen MR) is 64.4 cm³/mol. The molecule has 1 aromatic rings. The van der Waals surface area contributed by atoms with Gasteiger partial charge in [0.15, 0.2) is 0 Å². The van der Waals surface area contributed by atoms with Gasteiger partial charge in [-0.1, -0.05) is 6.07 Å². The largest absolute Gasteiger partial charge is 0.330 e. The van der Waals surface area contributed by atoms with Crippen LogP contribution in [0.3, 0.4) is 0 Å². The van der Waals surface area contributed by atoms with Crippen molar-refractivity contribution in [3.8, 4) is 0 Å². The number of hydrogen-bond acceptors (Lipinski definition) is 3. The van der Waals surface area contributed by atoms with E-state index >= 15 is 0 Å². The van der Waals surface area contributed by atoms with Crippen molar-refractivity contribution in [1.29, 1.82) is 0 Å². The zero-order chi connectivity index (χ0) is 10.7. The first-order chi connectivity index (χ1) is 7.28. The molecule has 4 heteroatoms. The van der Waals surface area contributed by atoms with Crippen molar-refractivity contribution in [1.82, 2.24) is 9.88 Å². The van der Waals surface area contributed by atoms with E-state index in [4.69, 9.17) is 5.73 Å². The van der Waals surface area contributed by atoms with Gasteiger partial charge in [0.25, 0.3) is 0 Å². The minimum Gasteiger partial charge on any atom is -0.330 e. The molecule has 0 bridgehead atoms. The van der Waals surface area contributed by atoms with E-state index in [0.29, 0.717) is 5.92 Å². The number of halogens is 1. The molecule has 2 rings (SSSR count). The van der Waals surface area contributed by atoms with E-state index < -0.39 is 0 Å². The van der Waals surface area contributed by atoms with Crippen LogP contribution in [0, 0.1) is 5.92 Å². The van der Waals surface area contributed by atoms with Gasteiger partial charge < -0.3 is 5.73 Å². The van der Waals surface area contributed by atoms with Gasteiger partial charge in [0.1, 0.15) is 4.60 Å². The van der Waals surface area contributed by atoms with Crippen molar-refractivity contribution in [3.05, 3.63) is 28.5 Å². The van der Waals surface area contributed by atoms with Gasteiger partial charge in [-0.2, -0.15) is 0 Å². The van der Waals surface area contributed by atoms with Crippen LogP contribution in [-0.4, -0.2) is 29.5 Å². The number of pyridine rings is 1. The maximum Gasteiger partial charge on any atom is 0.106 e. The van der Waals surface area contributed by atoms with Crippen molar-refractivity contribution >= 4 is 15.9 Å². The molecule has 0 spiro atoms. The van der Waals surface area contributed by atoms with E-state index in [2.05, 4.69) is 31.9 Å². The van der Waals surface area contributed by atoms with Gasteiger partial charge in [-0.15, -0.1) is 0 Å². The van der Waals surface area contributed by atoms with Crippen molar-refractivity contribution in [2.24, 2.45) is 11.7 Å². The maximum atomic E-state index is 5.66. The molecule has 1 atom stereocenters. The minimum absolute atomic E-state index is 0.688. The van der Waals surface area contributed by atoms with Gasteiger partial charge in [-0.3, -0.25) is 4.90 Å². The average Bonchev–Trinajstić information content (AvgIpc) is 2.69. The Morgan fingerprint density at radius 3 is 3.00 bits per heavy atom. The lowest BCUT2D eigenvalue weighted by Gasteiger charge is -2.15. The second kappa shape index (κ2) is 5.05. The summed E-state index contributed by atoms with van der Waals surface area (Å²) in [5.41, 5.74) is 6.94. The Kier molecular flexibility index (Phi) is 3.72. The van der Waals surface area contributed by atoms with Gasteiger partial charge in [0.2, 0.25) is 0 Å². The monoisotopic (exact) mass is 269 g/mol. The van der Waals surface area contributed by atoms with Crippen molar-refractivity contribution < 1.29 is 0 Å². The SMILES string of the molecule is NCC1CCN(Cc2ccc(Br)nc2)C1. The van der Waals surface area contributed by atoms with Crippen LogP contribution >= 0.6 is 15.9 Å². The first-order valence-corrected chi connectivity index (χ1v) is 6.10. The van der Waals surface area contributed by atoms with E-state index in [9.17, 15) is 0 Å². The molecule has 0 saturated carbocycles. The molecule has 0 aliphatic carbocycles. The highest BCUT2D eigenvalue weighted by Gasteiger charge is 2.20. The molecule has 0 radical (unpaired) electrons. The highest BCUT2D eigenvalue weighted by Crippen LogP contribution is 2.17. The zero-order valence-corrected chi connectivity index (χ0v) is 10.3. The van der Waals surface area contributed by atoms with E-state index in [0.717, 1.165) is 30.8 Å². The highest BCUT2D eigenvalue weighted by molar-refractivity contribution is 9.10. The van der Waals surface area contributed by atoms with Gasteiger partial charge in [0, 0.05) is 19.3 Å². The fraction of sp³-hybridized carbons (Fsp3) is 0.545. The number of nitrogens with two attached hydrogens (primary N) is 1. The lowest BCUT2D eigenvalue weighted by Crippen LogP contribution is -2.22. The summed E-state index contributed by atoms with van der Waals surface area (Å²) < 4.78 is 0.896. The van der Waals surface area contributed by atoms with Crippen LogP contribution in [-0.2, 0) is 6.54 Å². The Morgan fingerprint density at radius 1 is 1.53 bits per heavy atom. The molecule has 82 valence electrons. The molecule has 3 nitrogen and oxygen atoms in total. The zero-order valence-electron chi connectivity index (χ0n) is 8.69. The number of aromatic nitrogens is 1. The Morgan fingerprint density at radius 2 is 2.40 bits per heavy atom. The minimum atomic E-state index is 0.688. The fourth-order valence-corrected chi connectivity index (χ4v) is 2.24. The summed E-state index contributed by atoms with van der Waals surface area (Å²) in [5.74, 6) is 0.688. The topological polar surface area (TPSA) is 42.1 Å². The Balaban J connectivity index is 1.90. The molecular weight excluding hydrogens is 254 g/mol. The number of nitrogens with zero attached hydrogens (tertiary/aromatic N) is 2. The van der Waals surface area contributed by atoms with Gasteiger partial charge in [-0.25, -0.2) is 4.98 Å². The van der Waals surface area contributed by atoms with E-state index in [-0.39, 0.29) is 0 Å². The van der Waals surface area contributed by atoms with Crippen LogP contribution in [0.25, 0.3) is 0 Å². The molecule has 1 aliphatic heterocycles. The Hall–Kier alpha value is -0.450. The number of hydrogen-bond donors (Lipinski definition) is 1. The lowest BCUT2D eigenvalue weighted by atomic mass is 10.1. The second-order valence-corrected chi connectivity index (χ2v) is 4.93. The Labute approximate surface area is 98.8 Å². The smallest absolute Gasteiger partial charge is 0.106 e. The summed E-state index contributed by atoms with van der Waals surface area (Å²) in [5, 5.41) is 0. The third-order valence-corrected chi connectivity index (χ3v) is 3.37. The van der Waals surface area contributed by atoms with Crippen LogP contribution < -0.4 is 5.73 Å². The molecule has 1 unspecified atom stereocenters. The van der Waals surface area contributed by atoms with E-state index in [1.807, 2.05) is 12.3 Å². The lowest BCUT2D eigenvalue weighted by molar-refractivity contribution is 0.317. The molecule has 1 fully saturated rings. The second-order valence-electron chi connectivity index (χ2n) is 4.11. The van der Waals surface area contributed by atoms with Crippen molar-refractivity contribution in [2.45, 2.75) is 13.0 Å². The average molecular weight is 270 g/mol. The molecular formula is C11H16BrN3. The summed E-state index contributed by atoms with van der Waals surface area (Å²) in [4.78, 5) is 6.67. The summed E-state index contributed by atoms with van der Waals surface area (Å²) in [6.07, 6.45) is 3.17. The first-order valence-electron chi connectivity index (χ1n) is 5.31. The summed E-state index contributed by atoms with van der Waals surface area (Å²) in [6, 6.07) is 4.11. The van der Waals surface area contributed by atoms with Crippen LogP contribution in [0.5, 0.6) is 0 Å². The van der Waals surface area contributed by atoms with Crippen LogP contribution in [0.15, 0.2) is 22.9 Å². The number of likely N-dealkylation sites (tertiary alicyclic amines) is 1. The normalized spacial score (nSPS) is 22.1. The maximum absolute atomic E-state index is 5.66. The third-order valence-electron chi connectivity index (χ3n) is 2.90. The molecule has 0 amide bonds. The van der Waals surface area contributed by atoms with Gasteiger partial charge in [-0.05, 0) is 53.0 Å². The van der Waals surface area contributed by atoms with Gasteiger partial charge >= 0.3 is 0 Å². The fourth-order valence-electron chi connectivity index (χ4n) is 2.01. The number of rotatable bonds is 3. The summed E-state index contributed by atoms with van der Waals surface area (Å²) in [6.45, 7) is 4.11. The molecule has 0 aromatic carbocycles. The van der Waals surface area contributed by atoms with Crippen molar-refractivity contribution in [3.63, 3.8) is 0 Å². The first kappa shape index (κ1) is 11.0. The highest BCUT2D eigenvalue weighted by atomic mass is 79.9. The molecule has 1 aromatic heterocycles. The van der Waals surface area contributed by atoms with Crippen molar-refractivity contribution in [2.75, 3.05) is 19.6 Å². The molecule has 2 heterocycles. The quantitative estimate of drug-likeness (QED) is 0.849. The van der Waals surface area contributed by atoms with Crippen LogP contribution in [0.4, 0.5) is 0 Å². The van der Waals surface area contributed by atoms with Crippen LogP contribution in [0.2, 0.25) is 0 Å². The third kappa shape index (κ3) is 3.00. The van der Waals surface area contributed by atoms with Gasteiger partial charge in [0.05, 0.1) is 0 Å². The summed E-state index contributed by atoms with van der Waals surface area (Å²) >= 11 is 3.34. The van der Waals surface area contributed by atoms with Crippen LogP contribution in [0.1, 0.15) is 12.0 Å². The van der Waals surface area contributed by atoms with E-state index in [1.165, 1.54) is 12.0 Å². The molecule has 1 aliphatic rings. The standard InChI is InChI=1S/C11H16BrN3/c12-11-2-1-10(6-14-11)8-15-4-3-9(5-13)7-15/h1-2,6,9H,3-5,7-8,13H2. The predicted octanol–water partition coefficient (Wildman–Crippen LogP) is 1.62.